The Kier molecular flexibility index (Phi) is 5.28. The van der Waals surface area contributed by atoms with E-state index >= 15 is 0 Å². The molecule has 7 nitrogen and oxygen atoms in total. The lowest BCUT2D eigenvalue weighted by molar-refractivity contribution is -0.145. The molecule has 0 spiro atoms. The molecule has 2 aromatic rings. The van der Waals surface area contributed by atoms with Crippen molar-refractivity contribution in [3.63, 3.8) is 0 Å². The first-order chi connectivity index (χ1) is 16.0. The molecule has 7 heteroatoms. The number of H-pyrrole nitrogens is 1. The van der Waals surface area contributed by atoms with Crippen molar-refractivity contribution in [2.24, 2.45) is 16.7 Å². The number of aliphatic hydroxyl groups is 1. The highest BCUT2D eigenvalue weighted by Crippen LogP contribution is 2.67. The molecule has 2 amide bonds. The number of hydrogen-bond donors (Lipinski definition) is 3. The van der Waals surface area contributed by atoms with Gasteiger partial charge >= 0.3 is 6.09 Å². The molecule has 2 saturated carbocycles. The second-order valence-corrected chi connectivity index (χ2v) is 11.8. The molecule has 0 radical (unpaired) electrons. The Balaban J connectivity index is 1.60. The number of hydrogen-bond acceptors (Lipinski definition) is 3. The smallest absolute Gasteiger partial charge is 0.408 e. The van der Waals surface area contributed by atoms with Gasteiger partial charge in [0.05, 0.1) is 6.10 Å². The zero-order valence-electron chi connectivity index (χ0n) is 20.7. The molecular formula is C27H37N3O4. The molecule has 2 aliphatic carbocycles. The number of carboxylic acid groups (broad SMARTS) is 1. The van der Waals surface area contributed by atoms with Crippen molar-refractivity contribution in [2.75, 3.05) is 13.1 Å². The van der Waals surface area contributed by atoms with E-state index in [1.165, 1.54) is 4.90 Å². The van der Waals surface area contributed by atoms with Crippen molar-refractivity contribution < 1.29 is 19.8 Å². The zero-order valence-corrected chi connectivity index (χ0v) is 20.7. The molecule has 3 aliphatic rings. The molecule has 3 N–H and O–H groups in total. The summed E-state index contributed by atoms with van der Waals surface area (Å²) in [6, 6.07) is 7.69. The number of aliphatic hydroxyl groups excluding tert-OH is 1. The van der Waals surface area contributed by atoms with Gasteiger partial charge < -0.3 is 20.1 Å². The van der Waals surface area contributed by atoms with Crippen LogP contribution >= 0.6 is 0 Å². The van der Waals surface area contributed by atoms with E-state index in [2.05, 4.69) is 25.8 Å². The second-order valence-electron chi connectivity index (χ2n) is 11.8. The van der Waals surface area contributed by atoms with Crippen LogP contribution in [0.15, 0.2) is 30.5 Å². The molecular weight excluding hydrogens is 430 g/mol. The molecule has 1 aromatic heterocycles. The maximum atomic E-state index is 14.1. The van der Waals surface area contributed by atoms with Gasteiger partial charge in [0.25, 0.3) is 0 Å². The molecule has 2 heterocycles. The summed E-state index contributed by atoms with van der Waals surface area (Å²) in [5, 5.41) is 21.8. The van der Waals surface area contributed by atoms with Crippen molar-refractivity contribution in [1.82, 2.24) is 14.8 Å². The predicted molar refractivity (Wildman–Crippen MR) is 130 cm³/mol. The number of benzene rings is 1. The summed E-state index contributed by atoms with van der Waals surface area (Å²) in [7, 11) is 0. The highest BCUT2D eigenvalue weighted by molar-refractivity contribution is 5.92. The van der Waals surface area contributed by atoms with Crippen LogP contribution in [-0.4, -0.2) is 67.8 Å². The van der Waals surface area contributed by atoms with Crippen molar-refractivity contribution in [3.05, 3.63) is 36.0 Å². The number of nitrogens with one attached hydrogen (secondary N) is 1. The van der Waals surface area contributed by atoms with Crippen LogP contribution in [0.25, 0.3) is 10.9 Å². The summed E-state index contributed by atoms with van der Waals surface area (Å²) in [6.45, 7) is 9.26. The fourth-order valence-corrected chi connectivity index (χ4v) is 7.42. The van der Waals surface area contributed by atoms with Gasteiger partial charge in [-0.05, 0) is 61.0 Å². The summed E-state index contributed by atoms with van der Waals surface area (Å²) in [5.74, 6) is 0.242. The van der Waals surface area contributed by atoms with E-state index in [1.54, 1.807) is 11.8 Å². The topological polar surface area (TPSA) is 96.9 Å². The Bertz CT molecular complexity index is 1130. The van der Waals surface area contributed by atoms with Crippen molar-refractivity contribution in [1.29, 1.82) is 0 Å². The van der Waals surface area contributed by atoms with Gasteiger partial charge in [0.15, 0.2) is 0 Å². The van der Waals surface area contributed by atoms with Gasteiger partial charge in [-0.2, -0.15) is 0 Å². The largest absolute Gasteiger partial charge is 0.465 e. The number of amides is 2. The van der Waals surface area contributed by atoms with Crippen LogP contribution in [-0.2, 0) is 11.2 Å². The highest BCUT2D eigenvalue weighted by Gasteiger charge is 2.66. The number of β-amino-alcohol motifs (C(OH)–C–C–N with tert-alkyl or cyclic N) is 1. The van der Waals surface area contributed by atoms with E-state index in [4.69, 9.17) is 0 Å². The Morgan fingerprint density at radius 1 is 1.24 bits per heavy atom. The molecule has 5 unspecified atom stereocenters. The maximum Gasteiger partial charge on any atom is 0.408 e. The molecule has 1 aliphatic heterocycles. The van der Waals surface area contributed by atoms with E-state index in [9.17, 15) is 19.8 Å². The normalized spacial score (nSPS) is 31.7. The van der Waals surface area contributed by atoms with Gasteiger partial charge in [-0.1, -0.05) is 39.0 Å². The van der Waals surface area contributed by atoms with E-state index in [-0.39, 0.29) is 35.7 Å². The first-order valence-electron chi connectivity index (χ1n) is 12.5. The van der Waals surface area contributed by atoms with E-state index in [1.807, 2.05) is 30.5 Å². The van der Waals surface area contributed by atoms with Gasteiger partial charge in [0.2, 0.25) is 5.91 Å². The van der Waals surface area contributed by atoms with Crippen LogP contribution in [0.1, 0.15) is 58.9 Å². The number of fused-ring (bicyclic) bond motifs is 3. The minimum Gasteiger partial charge on any atom is -0.465 e. The van der Waals surface area contributed by atoms with E-state index in [0.29, 0.717) is 18.9 Å². The average molecular weight is 468 g/mol. The number of rotatable bonds is 5. The van der Waals surface area contributed by atoms with Crippen LogP contribution < -0.4 is 0 Å². The van der Waals surface area contributed by atoms with Crippen LogP contribution in [0.3, 0.4) is 0 Å². The molecule has 5 atom stereocenters. The Morgan fingerprint density at radius 3 is 2.56 bits per heavy atom. The summed E-state index contributed by atoms with van der Waals surface area (Å²) in [5.41, 5.74) is 0.445. The molecule has 3 fully saturated rings. The van der Waals surface area contributed by atoms with Gasteiger partial charge in [-0.25, -0.2) is 4.79 Å². The first-order valence-corrected chi connectivity index (χ1v) is 12.5. The molecule has 2 bridgehead atoms. The summed E-state index contributed by atoms with van der Waals surface area (Å²) < 4.78 is 0. The SMILES string of the molecule is CC(Cc1c[nH]c2ccccc12)(C(=O)N1CCC(O)C1)N(C(=O)O)C1CC2CCC1(C)C2(C)C. The van der Waals surface area contributed by atoms with Crippen LogP contribution in [0.2, 0.25) is 0 Å². The summed E-state index contributed by atoms with van der Waals surface area (Å²) in [6.07, 6.45) is 3.99. The molecule has 1 saturated heterocycles. The quantitative estimate of drug-likeness (QED) is 0.612. The lowest BCUT2D eigenvalue weighted by atomic mass is 9.68. The van der Waals surface area contributed by atoms with E-state index < -0.39 is 17.7 Å². The fourth-order valence-electron chi connectivity index (χ4n) is 7.42. The van der Waals surface area contributed by atoms with Crippen molar-refractivity contribution >= 4 is 22.9 Å². The summed E-state index contributed by atoms with van der Waals surface area (Å²) in [4.78, 5) is 33.6. The van der Waals surface area contributed by atoms with Crippen LogP contribution in [0.4, 0.5) is 4.79 Å². The van der Waals surface area contributed by atoms with Crippen LogP contribution in [0, 0.1) is 16.7 Å². The minimum atomic E-state index is -1.28. The van der Waals surface area contributed by atoms with Gasteiger partial charge in [-0.3, -0.25) is 9.69 Å². The number of likely N-dealkylation sites (tertiary alicyclic amines) is 1. The number of para-hydroxylation sites is 1. The van der Waals surface area contributed by atoms with Gasteiger partial charge in [0, 0.05) is 42.7 Å². The summed E-state index contributed by atoms with van der Waals surface area (Å²) >= 11 is 0. The third-order valence-corrected chi connectivity index (χ3v) is 9.92. The monoisotopic (exact) mass is 467 g/mol. The Labute approximate surface area is 201 Å². The Morgan fingerprint density at radius 2 is 1.97 bits per heavy atom. The lowest BCUT2D eigenvalue weighted by Crippen LogP contribution is -2.66. The number of aromatic nitrogens is 1. The second kappa shape index (κ2) is 7.74. The lowest BCUT2D eigenvalue weighted by Gasteiger charge is -2.50. The van der Waals surface area contributed by atoms with Crippen LogP contribution in [0.5, 0.6) is 0 Å². The predicted octanol–water partition coefficient (Wildman–Crippen LogP) is 4.26. The van der Waals surface area contributed by atoms with E-state index in [0.717, 1.165) is 35.7 Å². The third kappa shape index (κ3) is 3.19. The number of aromatic amines is 1. The van der Waals surface area contributed by atoms with Gasteiger partial charge in [0.1, 0.15) is 5.54 Å². The number of carbonyl (C=O) groups excluding carboxylic acids is 1. The Hall–Kier alpha value is -2.54. The molecule has 184 valence electrons. The third-order valence-electron chi connectivity index (χ3n) is 9.92. The molecule has 1 aromatic carbocycles. The number of carbonyl (C=O) groups is 2. The van der Waals surface area contributed by atoms with Gasteiger partial charge in [-0.15, -0.1) is 0 Å². The van der Waals surface area contributed by atoms with Crippen molar-refractivity contribution in [3.8, 4) is 0 Å². The molecule has 34 heavy (non-hydrogen) atoms. The zero-order chi connectivity index (χ0) is 24.5. The first kappa shape index (κ1) is 23.2. The van der Waals surface area contributed by atoms with Crippen molar-refractivity contribution in [2.45, 2.75) is 77.5 Å². The fraction of sp³-hybridized carbons (Fsp3) is 0.630. The molecule has 5 rings (SSSR count). The number of nitrogens with zero attached hydrogens (tertiary/aromatic N) is 2. The average Bonchev–Trinajstić information content (AvgIpc) is 3.49. The maximum absolute atomic E-state index is 14.1. The minimum absolute atomic E-state index is 0.0138. The standard InChI is InChI=1S/C27H37N3O4/c1-25(2)18-9-11-26(25,3)22(13-18)30(24(33)34)27(4,23(32)29-12-10-19(31)16-29)14-17-15-28-21-8-6-5-7-20(17)21/h5-8,15,18-19,22,28,31H,9-14,16H2,1-4H3,(H,33,34). The highest BCUT2D eigenvalue weighted by atomic mass is 16.4.